The highest BCUT2D eigenvalue weighted by molar-refractivity contribution is 5.79. The Morgan fingerprint density at radius 1 is 1.38 bits per heavy atom. The van der Waals surface area contributed by atoms with E-state index in [1.165, 1.54) is 5.56 Å². The van der Waals surface area contributed by atoms with E-state index in [-0.39, 0.29) is 5.84 Å². The first-order valence-electron chi connectivity index (χ1n) is 5.49. The summed E-state index contributed by atoms with van der Waals surface area (Å²) in [6.45, 7) is 4.76. The summed E-state index contributed by atoms with van der Waals surface area (Å²) in [6.07, 6.45) is 0.594. The monoisotopic (exact) mass is 221 g/mol. The average Bonchev–Trinajstić information content (AvgIpc) is 2.35. The van der Waals surface area contributed by atoms with Gasteiger partial charge in [-0.2, -0.15) is 0 Å². The van der Waals surface area contributed by atoms with E-state index < -0.39 is 0 Å². The van der Waals surface area contributed by atoms with E-state index in [4.69, 9.17) is 10.9 Å². The van der Waals surface area contributed by atoms with Gasteiger partial charge in [-0.05, 0) is 12.1 Å². The van der Waals surface area contributed by atoms with Crippen molar-refractivity contribution in [3.63, 3.8) is 0 Å². The lowest BCUT2D eigenvalue weighted by Crippen LogP contribution is -2.27. The van der Waals surface area contributed by atoms with E-state index in [0.717, 1.165) is 19.6 Å². The molecule has 0 aliphatic heterocycles. The molecule has 1 rings (SSSR count). The third-order valence-electron chi connectivity index (χ3n) is 2.51. The quantitative estimate of drug-likeness (QED) is 0.332. The molecule has 0 saturated heterocycles. The van der Waals surface area contributed by atoms with Gasteiger partial charge in [-0.1, -0.05) is 42.4 Å². The maximum absolute atomic E-state index is 8.45. The lowest BCUT2D eigenvalue weighted by molar-refractivity contribution is 0.283. The molecule has 0 fully saturated rings. The van der Waals surface area contributed by atoms with Crippen molar-refractivity contribution < 1.29 is 5.21 Å². The number of hydrogen-bond donors (Lipinski definition) is 2. The zero-order valence-electron chi connectivity index (χ0n) is 9.63. The third-order valence-corrected chi connectivity index (χ3v) is 2.51. The molecular weight excluding hydrogens is 202 g/mol. The van der Waals surface area contributed by atoms with Crippen LogP contribution in [0.15, 0.2) is 35.5 Å². The van der Waals surface area contributed by atoms with Crippen LogP contribution in [0.2, 0.25) is 0 Å². The fraction of sp³-hybridized carbons (Fsp3) is 0.417. The second kappa shape index (κ2) is 6.85. The van der Waals surface area contributed by atoms with Gasteiger partial charge in [0.25, 0.3) is 0 Å². The van der Waals surface area contributed by atoms with Crippen molar-refractivity contribution in [1.82, 2.24) is 4.90 Å². The Morgan fingerprint density at radius 3 is 2.62 bits per heavy atom. The van der Waals surface area contributed by atoms with E-state index >= 15 is 0 Å². The lowest BCUT2D eigenvalue weighted by atomic mass is 10.2. The highest BCUT2D eigenvalue weighted by Gasteiger charge is 2.04. The predicted molar refractivity (Wildman–Crippen MR) is 65.4 cm³/mol. The first kappa shape index (κ1) is 12.5. The van der Waals surface area contributed by atoms with Crippen LogP contribution in [-0.2, 0) is 6.54 Å². The molecule has 0 spiro atoms. The topological polar surface area (TPSA) is 61.8 Å². The number of amidine groups is 1. The summed E-state index contributed by atoms with van der Waals surface area (Å²) in [4.78, 5) is 2.26. The van der Waals surface area contributed by atoms with Crippen LogP contribution in [0.4, 0.5) is 0 Å². The molecule has 0 amide bonds. The maximum Gasteiger partial charge on any atom is 0.140 e. The van der Waals surface area contributed by atoms with Crippen LogP contribution >= 0.6 is 0 Å². The first-order valence-corrected chi connectivity index (χ1v) is 5.49. The fourth-order valence-corrected chi connectivity index (χ4v) is 1.51. The number of rotatable bonds is 6. The molecule has 0 radical (unpaired) electrons. The smallest absolute Gasteiger partial charge is 0.140 e. The number of nitrogens with two attached hydrogens (primary N) is 1. The minimum absolute atomic E-state index is 0.284. The summed E-state index contributed by atoms with van der Waals surface area (Å²) in [5.74, 6) is 0.284. The normalized spacial score (nSPS) is 12.0. The van der Waals surface area contributed by atoms with E-state index in [0.29, 0.717) is 6.42 Å². The van der Waals surface area contributed by atoms with Crippen LogP contribution in [-0.4, -0.2) is 29.0 Å². The number of benzene rings is 1. The van der Waals surface area contributed by atoms with Crippen molar-refractivity contribution >= 4 is 5.84 Å². The minimum atomic E-state index is 0.284. The average molecular weight is 221 g/mol. The van der Waals surface area contributed by atoms with Gasteiger partial charge in [0.05, 0.1) is 0 Å². The van der Waals surface area contributed by atoms with Crippen molar-refractivity contribution in [2.75, 3.05) is 13.1 Å². The maximum atomic E-state index is 8.45. The van der Waals surface area contributed by atoms with Gasteiger partial charge in [-0.3, -0.25) is 4.90 Å². The van der Waals surface area contributed by atoms with Crippen LogP contribution < -0.4 is 5.73 Å². The van der Waals surface area contributed by atoms with Crippen LogP contribution in [0, 0.1) is 0 Å². The summed E-state index contributed by atoms with van der Waals surface area (Å²) < 4.78 is 0. The molecule has 0 aliphatic rings. The third kappa shape index (κ3) is 4.31. The molecule has 1 aromatic carbocycles. The van der Waals surface area contributed by atoms with Gasteiger partial charge in [-0.15, -0.1) is 0 Å². The van der Waals surface area contributed by atoms with E-state index in [2.05, 4.69) is 29.1 Å². The summed E-state index contributed by atoms with van der Waals surface area (Å²) in [6, 6.07) is 10.3. The van der Waals surface area contributed by atoms with E-state index in [1.54, 1.807) is 0 Å². The van der Waals surface area contributed by atoms with Gasteiger partial charge < -0.3 is 10.9 Å². The molecular formula is C12H19N3O. The van der Waals surface area contributed by atoms with E-state index in [1.807, 2.05) is 18.2 Å². The zero-order valence-corrected chi connectivity index (χ0v) is 9.63. The van der Waals surface area contributed by atoms with Gasteiger partial charge >= 0.3 is 0 Å². The molecule has 0 aliphatic carbocycles. The highest BCUT2D eigenvalue weighted by atomic mass is 16.4. The van der Waals surface area contributed by atoms with Crippen molar-refractivity contribution in [3.05, 3.63) is 35.9 Å². The molecule has 3 N–H and O–H groups in total. The molecule has 0 aromatic heterocycles. The summed E-state index contributed by atoms with van der Waals surface area (Å²) in [5.41, 5.74) is 6.72. The van der Waals surface area contributed by atoms with Crippen LogP contribution in [0.1, 0.15) is 18.9 Å². The van der Waals surface area contributed by atoms with Crippen molar-refractivity contribution in [2.24, 2.45) is 10.9 Å². The molecule has 4 nitrogen and oxygen atoms in total. The summed E-state index contributed by atoms with van der Waals surface area (Å²) in [7, 11) is 0. The fourth-order valence-electron chi connectivity index (χ4n) is 1.51. The summed E-state index contributed by atoms with van der Waals surface area (Å²) >= 11 is 0. The Balaban J connectivity index is 2.43. The molecule has 4 heteroatoms. The molecule has 16 heavy (non-hydrogen) atoms. The molecule has 0 atom stereocenters. The van der Waals surface area contributed by atoms with Gasteiger partial charge in [0.1, 0.15) is 5.84 Å². The van der Waals surface area contributed by atoms with Crippen LogP contribution in [0.25, 0.3) is 0 Å². The van der Waals surface area contributed by atoms with Crippen molar-refractivity contribution in [2.45, 2.75) is 19.9 Å². The number of oxime groups is 1. The zero-order chi connectivity index (χ0) is 11.8. The van der Waals surface area contributed by atoms with E-state index in [9.17, 15) is 0 Å². The standard InChI is InChI=1S/C12H19N3O/c1-2-15(9-8-12(13)14-16)10-11-6-4-3-5-7-11/h3-7,16H,2,8-10H2,1H3,(H2,13,14). The lowest BCUT2D eigenvalue weighted by Gasteiger charge is -2.19. The van der Waals surface area contributed by atoms with Crippen LogP contribution in [0.3, 0.4) is 0 Å². The van der Waals surface area contributed by atoms with Gasteiger partial charge in [0, 0.05) is 19.5 Å². The molecule has 0 heterocycles. The molecule has 88 valence electrons. The highest BCUT2D eigenvalue weighted by Crippen LogP contribution is 2.04. The Morgan fingerprint density at radius 2 is 2.06 bits per heavy atom. The SMILES string of the molecule is CCN(CC/C(N)=N/O)Cc1ccccc1. The second-order valence-electron chi connectivity index (χ2n) is 3.70. The van der Waals surface area contributed by atoms with Crippen molar-refractivity contribution in [1.29, 1.82) is 0 Å². The van der Waals surface area contributed by atoms with Gasteiger partial charge in [0.2, 0.25) is 0 Å². The predicted octanol–water partition coefficient (Wildman–Crippen LogP) is 1.64. The van der Waals surface area contributed by atoms with Gasteiger partial charge in [-0.25, -0.2) is 0 Å². The number of nitrogens with zero attached hydrogens (tertiary/aromatic N) is 2. The second-order valence-corrected chi connectivity index (χ2v) is 3.70. The first-order chi connectivity index (χ1) is 7.76. The molecule has 1 aromatic rings. The summed E-state index contributed by atoms with van der Waals surface area (Å²) in [5, 5.41) is 11.4. The Hall–Kier alpha value is -1.55. The Kier molecular flexibility index (Phi) is 5.36. The minimum Gasteiger partial charge on any atom is -0.409 e. The van der Waals surface area contributed by atoms with Crippen molar-refractivity contribution in [3.8, 4) is 0 Å². The molecule has 0 unspecified atom stereocenters. The molecule has 0 saturated carbocycles. The largest absolute Gasteiger partial charge is 0.409 e. The Bertz CT molecular complexity index is 324. The number of hydrogen-bond acceptors (Lipinski definition) is 3. The molecule has 0 bridgehead atoms. The Labute approximate surface area is 96.4 Å². The van der Waals surface area contributed by atoms with Crippen LogP contribution in [0.5, 0.6) is 0 Å². The van der Waals surface area contributed by atoms with Gasteiger partial charge in [0.15, 0.2) is 0 Å².